The molecule has 4 nitrogen and oxygen atoms in total. The number of benzene rings is 4. The number of anilines is 1. The normalized spacial score (nSPS) is 10.7. The van der Waals surface area contributed by atoms with Crippen molar-refractivity contribution in [3.63, 3.8) is 0 Å². The number of hydrogen-bond donors (Lipinski definition) is 2. The highest BCUT2D eigenvalue weighted by Crippen LogP contribution is 2.36. The van der Waals surface area contributed by atoms with Gasteiger partial charge in [0.05, 0.1) is 6.42 Å². The third-order valence-corrected chi connectivity index (χ3v) is 5.64. The maximum absolute atomic E-state index is 13.8. The summed E-state index contributed by atoms with van der Waals surface area (Å²) >= 11 is 1.50. The van der Waals surface area contributed by atoms with Gasteiger partial charge in [0, 0.05) is 28.3 Å². The predicted octanol–water partition coefficient (Wildman–Crippen LogP) is 6.83. The summed E-state index contributed by atoms with van der Waals surface area (Å²) in [6.07, 6.45) is 0.205. The van der Waals surface area contributed by atoms with Gasteiger partial charge < -0.3 is 10.1 Å². The molecule has 0 atom stereocenters. The predicted molar refractivity (Wildman–Crippen MR) is 132 cm³/mol. The first-order valence-corrected chi connectivity index (χ1v) is 11.4. The van der Waals surface area contributed by atoms with E-state index in [2.05, 4.69) is 10.0 Å². The molecule has 2 N–H and O–H groups in total. The minimum Gasteiger partial charge on any atom is -0.457 e. The van der Waals surface area contributed by atoms with Crippen LogP contribution in [0, 0.1) is 11.6 Å². The van der Waals surface area contributed by atoms with Crippen LogP contribution in [-0.2, 0) is 11.2 Å². The summed E-state index contributed by atoms with van der Waals surface area (Å²) in [5, 5.41) is 2.87. The molecule has 0 bridgehead atoms. The minimum absolute atomic E-state index is 0.191. The lowest BCUT2D eigenvalue weighted by Gasteiger charge is -2.14. The molecule has 4 aromatic carbocycles. The molecule has 172 valence electrons. The van der Waals surface area contributed by atoms with Crippen LogP contribution in [0.3, 0.4) is 0 Å². The molecule has 34 heavy (non-hydrogen) atoms. The van der Waals surface area contributed by atoms with Gasteiger partial charge in [-0.2, -0.15) is 0 Å². The number of carbonyl (C=O) groups is 1. The number of amides is 1. The second kappa shape index (κ2) is 11.0. The Kier molecular flexibility index (Phi) is 7.57. The van der Waals surface area contributed by atoms with Gasteiger partial charge in [0.25, 0.3) is 0 Å². The minimum atomic E-state index is -0.437. The average molecular weight is 477 g/mol. The van der Waals surface area contributed by atoms with Crippen molar-refractivity contribution in [3.8, 4) is 22.6 Å². The third-order valence-electron chi connectivity index (χ3n) is 4.93. The second-order valence-corrected chi connectivity index (χ2v) is 8.54. The van der Waals surface area contributed by atoms with Gasteiger partial charge >= 0.3 is 0 Å². The van der Waals surface area contributed by atoms with Gasteiger partial charge in [-0.15, -0.1) is 0 Å². The Labute approximate surface area is 201 Å². The second-order valence-electron chi connectivity index (χ2n) is 7.46. The van der Waals surface area contributed by atoms with E-state index in [1.165, 1.54) is 36.2 Å². The van der Waals surface area contributed by atoms with Crippen LogP contribution < -0.4 is 14.8 Å². The zero-order valence-corrected chi connectivity index (χ0v) is 19.2. The molecule has 0 aliphatic heterocycles. The summed E-state index contributed by atoms with van der Waals surface area (Å²) in [6, 6.07) is 24.7. The first-order chi connectivity index (χ1) is 16.5. The van der Waals surface area contributed by atoms with Crippen molar-refractivity contribution < 1.29 is 18.3 Å². The zero-order chi connectivity index (χ0) is 23.9. The molecular weight excluding hydrogens is 454 g/mol. The van der Waals surface area contributed by atoms with Crippen LogP contribution in [0.2, 0.25) is 0 Å². The summed E-state index contributed by atoms with van der Waals surface area (Å²) in [4.78, 5) is 13.7. The lowest BCUT2D eigenvalue weighted by Crippen LogP contribution is -2.14. The molecule has 0 saturated heterocycles. The maximum Gasteiger partial charge on any atom is 0.228 e. The van der Waals surface area contributed by atoms with Crippen LogP contribution in [0.25, 0.3) is 11.1 Å². The fraction of sp³-hybridized carbons (Fsp3) is 0.0741. The quantitative estimate of drug-likeness (QED) is 0.274. The molecule has 0 spiro atoms. The molecule has 0 aromatic heterocycles. The molecule has 0 aliphatic carbocycles. The Morgan fingerprint density at radius 2 is 1.62 bits per heavy atom. The number of carbonyl (C=O) groups excluding carboxylic acids is 1. The van der Waals surface area contributed by atoms with E-state index < -0.39 is 5.82 Å². The Morgan fingerprint density at radius 1 is 0.882 bits per heavy atom. The van der Waals surface area contributed by atoms with Gasteiger partial charge in [-0.1, -0.05) is 30.3 Å². The zero-order valence-electron chi connectivity index (χ0n) is 18.3. The summed E-state index contributed by atoms with van der Waals surface area (Å²) in [7, 11) is 1.85. The molecule has 1 amide bonds. The molecule has 0 radical (unpaired) electrons. The molecule has 4 rings (SSSR count). The highest BCUT2D eigenvalue weighted by Gasteiger charge is 2.12. The average Bonchev–Trinajstić information content (AvgIpc) is 2.81. The number of ether oxygens (including phenoxy) is 1. The van der Waals surface area contributed by atoms with E-state index in [0.29, 0.717) is 28.3 Å². The molecule has 0 heterocycles. The molecule has 0 aliphatic rings. The van der Waals surface area contributed by atoms with Gasteiger partial charge in [0.1, 0.15) is 23.1 Å². The SMILES string of the molecule is CNSc1ccc(CC(=O)Nc2ccc(-c3cccc(F)c3)c(Oc3cccc(F)c3)c2)cc1. The Hall–Kier alpha value is -3.68. The number of halogens is 2. The van der Waals surface area contributed by atoms with Gasteiger partial charge in [-0.3, -0.25) is 9.52 Å². The number of hydrogen-bond acceptors (Lipinski definition) is 4. The van der Waals surface area contributed by atoms with Crippen molar-refractivity contribution in [2.45, 2.75) is 11.3 Å². The summed E-state index contributed by atoms with van der Waals surface area (Å²) in [5.41, 5.74) is 2.60. The van der Waals surface area contributed by atoms with E-state index in [-0.39, 0.29) is 18.1 Å². The van der Waals surface area contributed by atoms with E-state index >= 15 is 0 Å². The van der Waals surface area contributed by atoms with Gasteiger partial charge in [0.15, 0.2) is 0 Å². The summed E-state index contributed by atoms with van der Waals surface area (Å²) < 4.78 is 36.5. The Morgan fingerprint density at radius 3 is 2.32 bits per heavy atom. The monoisotopic (exact) mass is 476 g/mol. The molecule has 7 heteroatoms. The van der Waals surface area contributed by atoms with Crippen molar-refractivity contribution >= 4 is 23.5 Å². The van der Waals surface area contributed by atoms with Crippen LogP contribution in [0.15, 0.2) is 95.9 Å². The molecule has 0 saturated carbocycles. The Balaban J connectivity index is 1.57. The van der Waals surface area contributed by atoms with Crippen molar-refractivity contribution in [1.29, 1.82) is 0 Å². The van der Waals surface area contributed by atoms with Crippen molar-refractivity contribution in [2.24, 2.45) is 0 Å². The lowest BCUT2D eigenvalue weighted by molar-refractivity contribution is -0.115. The van der Waals surface area contributed by atoms with E-state index in [0.717, 1.165) is 10.5 Å². The Bertz CT molecular complexity index is 1300. The van der Waals surface area contributed by atoms with E-state index in [9.17, 15) is 13.6 Å². The number of nitrogens with one attached hydrogen (secondary N) is 2. The first-order valence-electron chi connectivity index (χ1n) is 10.6. The third kappa shape index (κ3) is 6.21. The van der Waals surface area contributed by atoms with Crippen molar-refractivity contribution in [2.75, 3.05) is 12.4 Å². The largest absolute Gasteiger partial charge is 0.457 e. The van der Waals surface area contributed by atoms with E-state index in [4.69, 9.17) is 4.74 Å². The van der Waals surface area contributed by atoms with Crippen molar-refractivity contribution in [3.05, 3.63) is 108 Å². The molecule has 0 fully saturated rings. The topological polar surface area (TPSA) is 50.4 Å². The maximum atomic E-state index is 13.8. The van der Waals surface area contributed by atoms with Crippen LogP contribution in [0.4, 0.5) is 14.5 Å². The summed E-state index contributed by atoms with van der Waals surface area (Å²) in [5.74, 6) is -0.355. The van der Waals surface area contributed by atoms with E-state index in [1.54, 1.807) is 42.5 Å². The standard InChI is InChI=1S/C27H22F2N2O2S/c1-30-34-24-11-8-18(9-12-24)14-27(32)31-22-10-13-25(19-4-2-5-20(28)15-19)26(17-22)33-23-7-3-6-21(29)16-23/h2-13,15-17,30H,14H2,1H3,(H,31,32). The van der Waals surface area contributed by atoms with E-state index in [1.807, 2.05) is 31.3 Å². The molecule has 0 unspecified atom stereocenters. The van der Waals surface area contributed by atoms with Crippen LogP contribution in [0.1, 0.15) is 5.56 Å². The molecule has 4 aromatic rings. The van der Waals surface area contributed by atoms with Gasteiger partial charge in [0.2, 0.25) is 5.91 Å². The summed E-state index contributed by atoms with van der Waals surface area (Å²) in [6.45, 7) is 0. The van der Waals surface area contributed by atoms with Gasteiger partial charge in [-0.05, 0) is 78.7 Å². The lowest BCUT2D eigenvalue weighted by atomic mass is 10.0. The fourth-order valence-corrected chi connectivity index (χ4v) is 3.93. The number of rotatable bonds is 8. The van der Waals surface area contributed by atoms with Gasteiger partial charge in [-0.25, -0.2) is 8.78 Å². The highest BCUT2D eigenvalue weighted by molar-refractivity contribution is 7.97. The van der Waals surface area contributed by atoms with Crippen LogP contribution in [0.5, 0.6) is 11.5 Å². The smallest absolute Gasteiger partial charge is 0.228 e. The first kappa shape index (κ1) is 23.5. The van der Waals surface area contributed by atoms with Crippen molar-refractivity contribution in [1.82, 2.24) is 4.72 Å². The fourth-order valence-electron chi connectivity index (χ4n) is 3.42. The van der Waals surface area contributed by atoms with Crippen LogP contribution >= 0.6 is 11.9 Å². The van der Waals surface area contributed by atoms with Crippen LogP contribution in [-0.4, -0.2) is 13.0 Å². The molecular formula is C27H22F2N2O2S. The highest BCUT2D eigenvalue weighted by atomic mass is 32.2.